The summed E-state index contributed by atoms with van der Waals surface area (Å²) < 4.78 is 5.33. The average Bonchev–Trinajstić information content (AvgIpc) is 2.73. The van der Waals surface area contributed by atoms with Gasteiger partial charge in [0.2, 0.25) is 11.8 Å². The summed E-state index contributed by atoms with van der Waals surface area (Å²) in [4.78, 5) is 41.8. The quantitative estimate of drug-likeness (QED) is 0.619. The number of rotatable bonds is 6. The van der Waals surface area contributed by atoms with Crippen molar-refractivity contribution >= 4 is 23.5 Å². The van der Waals surface area contributed by atoms with Crippen LogP contribution in [0.3, 0.4) is 0 Å². The van der Waals surface area contributed by atoms with Gasteiger partial charge < -0.3 is 26.0 Å². The summed E-state index contributed by atoms with van der Waals surface area (Å²) in [7, 11) is 0. The highest BCUT2D eigenvalue weighted by Gasteiger charge is 2.27. The minimum Gasteiger partial charge on any atom is -0.378 e. The Labute approximate surface area is 164 Å². The largest absolute Gasteiger partial charge is 0.378 e. The number of nitrogens with one attached hydrogen (secondary N) is 2. The predicted octanol–water partition coefficient (Wildman–Crippen LogP) is -0.192. The van der Waals surface area contributed by atoms with Crippen LogP contribution in [0.2, 0.25) is 0 Å². The van der Waals surface area contributed by atoms with Crippen LogP contribution in [0.1, 0.15) is 36.0 Å². The molecule has 9 heteroatoms. The lowest BCUT2D eigenvalue weighted by Crippen LogP contribution is -2.42. The molecule has 2 heterocycles. The van der Waals surface area contributed by atoms with E-state index in [4.69, 9.17) is 10.5 Å². The molecule has 1 saturated heterocycles. The minimum atomic E-state index is -0.553. The van der Waals surface area contributed by atoms with E-state index < -0.39 is 5.91 Å². The first-order chi connectivity index (χ1) is 13.5. The van der Waals surface area contributed by atoms with Gasteiger partial charge in [0, 0.05) is 31.2 Å². The van der Waals surface area contributed by atoms with Gasteiger partial charge in [0.25, 0.3) is 5.91 Å². The molecule has 0 radical (unpaired) electrons. The first-order valence-electron chi connectivity index (χ1n) is 9.68. The van der Waals surface area contributed by atoms with E-state index in [0.717, 1.165) is 31.7 Å². The summed E-state index contributed by atoms with van der Waals surface area (Å²) in [5.41, 5.74) is 5.57. The second-order valence-electron chi connectivity index (χ2n) is 7.21. The number of ether oxygens (including phenoxy) is 1. The Balaban J connectivity index is 1.45. The zero-order valence-electron chi connectivity index (χ0n) is 15.9. The van der Waals surface area contributed by atoms with Crippen LogP contribution in [0.5, 0.6) is 0 Å². The lowest BCUT2D eigenvalue weighted by Gasteiger charge is -2.29. The summed E-state index contributed by atoms with van der Waals surface area (Å²) in [6, 6.07) is 3.68. The van der Waals surface area contributed by atoms with Crippen LogP contribution >= 0.6 is 0 Å². The topological polar surface area (TPSA) is 127 Å². The van der Waals surface area contributed by atoms with E-state index in [2.05, 4.69) is 20.5 Å². The molecule has 0 atom stereocenters. The van der Waals surface area contributed by atoms with E-state index in [0.29, 0.717) is 31.6 Å². The van der Waals surface area contributed by atoms with Crippen molar-refractivity contribution in [1.82, 2.24) is 15.6 Å². The third-order valence-electron chi connectivity index (χ3n) is 5.22. The Kier molecular flexibility index (Phi) is 6.80. The van der Waals surface area contributed by atoms with Gasteiger partial charge in [0.05, 0.1) is 25.3 Å². The van der Waals surface area contributed by atoms with Crippen molar-refractivity contribution in [3.05, 3.63) is 23.9 Å². The lowest BCUT2D eigenvalue weighted by molar-refractivity contribution is -0.128. The Morgan fingerprint density at radius 1 is 1.14 bits per heavy atom. The number of nitrogens with two attached hydrogens (primary N) is 1. The fourth-order valence-corrected chi connectivity index (χ4v) is 3.59. The molecule has 1 aliphatic heterocycles. The van der Waals surface area contributed by atoms with Gasteiger partial charge >= 0.3 is 0 Å². The third kappa shape index (κ3) is 5.41. The summed E-state index contributed by atoms with van der Waals surface area (Å²) in [5.74, 6) is -0.138. The Bertz CT molecular complexity index is 695. The molecule has 0 unspecified atom stereocenters. The summed E-state index contributed by atoms with van der Waals surface area (Å²) >= 11 is 0. The van der Waals surface area contributed by atoms with Gasteiger partial charge in [-0.1, -0.05) is 0 Å². The molecular weight excluding hydrogens is 362 g/mol. The minimum absolute atomic E-state index is 0.0339. The van der Waals surface area contributed by atoms with Crippen LogP contribution in [-0.2, 0) is 14.3 Å². The molecule has 1 aromatic rings. The average molecular weight is 389 g/mol. The molecule has 4 N–H and O–H groups in total. The molecule has 1 aliphatic carbocycles. The van der Waals surface area contributed by atoms with E-state index in [-0.39, 0.29) is 30.3 Å². The fraction of sp³-hybridized carbons (Fsp3) is 0.579. The number of carbonyl (C=O) groups excluding carboxylic acids is 3. The van der Waals surface area contributed by atoms with Crippen molar-refractivity contribution in [2.75, 3.05) is 37.7 Å². The van der Waals surface area contributed by atoms with Crippen molar-refractivity contribution in [3.63, 3.8) is 0 Å². The SMILES string of the molecule is NC(=O)CNC(=O)C1CCC(NC(=O)c2ccc(N3CCOCC3)nc2)CC1. The van der Waals surface area contributed by atoms with Gasteiger partial charge in [-0.05, 0) is 37.8 Å². The number of nitrogens with zero attached hydrogens (tertiary/aromatic N) is 2. The third-order valence-corrected chi connectivity index (χ3v) is 5.22. The van der Waals surface area contributed by atoms with Crippen LogP contribution in [0.25, 0.3) is 0 Å². The van der Waals surface area contributed by atoms with E-state index in [1.165, 1.54) is 0 Å². The number of pyridine rings is 1. The molecule has 3 amide bonds. The number of morpholine rings is 1. The van der Waals surface area contributed by atoms with Gasteiger partial charge in [0.1, 0.15) is 5.82 Å². The maximum Gasteiger partial charge on any atom is 0.253 e. The number of aromatic nitrogens is 1. The molecule has 1 saturated carbocycles. The van der Waals surface area contributed by atoms with Crippen molar-refractivity contribution in [1.29, 1.82) is 0 Å². The van der Waals surface area contributed by atoms with E-state index >= 15 is 0 Å². The molecule has 0 bridgehead atoms. The maximum atomic E-state index is 12.5. The van der Waals surface area contributed by atoms with Crippen LogP contribution in [0.4, 0.5) is 5.82 Å². The molecular formula is C19H27N5O4. The predicted molar refractivity (Wildman–Crippen MR) is 103 cm³/mol. The number of hydrogen-bond acceptors (Lipinski definition) is 6. The smallest absolute Gasteiger partial charge is 0.253 e. The highest BCUT2D eigenvalue weighted by molar-refractivity contribution is 5.94. The highest BCUT2D eigenvalue weighted by Crippen LogP contribution is 2.24. The Morgan fingerprint density at radius 2 is 1.86 bits per heavy atom. The lowest BCUT2D eigenvalue weighted by atomic mass is 9.85. The molecule has 2 aliphatic rings. The zero-order valence-corrected chi connectivity index (χ0v) is 15.9. The summed E-state index contributed by atoms with van der Waals surface area (Å²) in [6.07, 6.45) is 4.38. The molecule has 9 nitrogen and oxygen atoms in total. The Hall–Kier alpha value is -2.68. The molecule has 2 fully saturated rings. The number of carbonyl (C=O) groups is 3. The van der Waals surface area contributed by atoms with Crippen molar-refractivity contribution < 1.29 is 19.1 Å². The van der Waals surface area contributed by atoms with Gasteiger partial charge in [-0.3, -0.25) is 14.4 Å². The summed E-state index contributed by atoms with van der Waals surface area (Å²) in [6.45, 7) is 2.84. The van der Waals surface area contributed by atoms with E-state index in [1.54, 1.807) is 12.3 Å². The number of amides is 3. The monoisotopic (exact) mass is 389 g/mol. The first kappa shape index (κ1) is 20.1. The Morgan fingerprint density at radius 3 is 2.46 bits per heavy atom. The van der Waals surface area contributed by atoms with Crippen molar-refractivity contribution in [3.8, 4) is 0 Å². The second-order valence-corrected chi connectivity index (χ2v) is 7.21. The molecule has 28 heavy (non-hydrogen) atoms. The van der Waals surface area contributed by atoms with Crippen LogP contribution < -0.4 is 21.3 Å². The highest BCUT2D eigenvalue weighted by atomic mass is 16.5. The standard InChI is InChI=1S/C19H27N5O4/c20-16(25)12-22-18(26)13-1-4-15(5-2-13)23-19(27)14-3-6-17(21-11-14)24-7-9-28-10-8-24/h3,6,11,13,15H,1-2,4-5,7-10,12H2,(H2,20,25)(H,22,26)(H,23,27). The normalized spacial score (nSPS) is 22.4. The number of primary amides is 1. The molecule has 1 aromatic heterocycles. The zero-order chi connectivity index (χ0) is 19.9. The number of anilines is 1. The van der Waals surface area contributed by atoms with Gasteiger partial charge in [0.15, 0.2) is 0 Å². The second kappa shape index (κ2) is 9.50. The number of hydrogen-bond donors (Lipinski definition) is 3. The van der Waals surface area contributed by atoms with Gasteiger partial charge in [-0.25, -0.2) is 4.98 Å². The molecule has 0 spiro atoms. The molecule has 0 aromatic carbocycles. The summed E-state index contributed by atoms with van der Waals surface area (Å²) in [5, 5.41) is 5.57. The van der Waals surface area contributed by atoms with Crippen molar-refractivity contribution in [2.45, 2.75) is 31.7 Å². The van der Waals surface area contributed by atoms with E-state index in [1.807, 2.05) is 6.07 Å². The van der Waals surface area contributed by atoms with Gasteiger partial charge in [-0.2, -0.15) is 0 Å². The van der Waals surface area contributed by atoms with Crippen LogP contribution in [0, 0.1) is 5.92 Å². The van der Waals surface area contributed by atoms with Crippen LogP contribution in [-0.4, -0.2) is 61.6 Å². The fourth-order valence-electron chi connectivity index (χ4n) is 3.59. The van der Waals surface area contributed by atoms with Crippen molar-refractivity contribution in [2.24, 2.45) is 11.7 Å². The maximum absolute atomic E-state index is 12.5. The molecule has 3 rings (SSSR count). The van der Waals surface area contributed by atoms with E-state index in [9.17, 15) is 14.4 Å². The van der Waals surface area contributed by atoms with Crippen LogP contribution in [0.15, 0.2) is 18.3 Å². The van der Waals surface area contributed by atoms with Gasteiger partial charge in [-0.15, -0.1) is 0 Å². The first-order valence-corrected chi connectivity index (χ1v) is 9.68. The molecule has 152 valence electrons.